The van der Waals surface area contributed by atoms with E-state index in [1.54, 1.807) is 12.1 Å². The summed E-state index contributed by atoms with van der Waals surface area (Å²) < 4.78 is 12.8. The first kappa shape index (κ1) is 16.5. The first-order chi connectivity index (χ1) is 11.2. The molecule has 2 aromatic carbocycles. The van der Waals surface area contributed by atoms with Gasteiger partial charge in [0, 0.05) is 17.8 Å². The zero-order chi connectivity index (χ0) is 16.5. The van der Waals surface area contributed by atoms with Gasteiger partial charge in [-0.1, -0.05) is 36.4 Å². The summed E-state index contributed by atoms with van der Waals surface area (Å²) in [7, 11) is 0. The van der Waals surface area contributed by atoms with Crippen LogP contribution in [0.5, 0.6) is 0 Å². The first-order valence-electron chi connectivity index (χ1n) is 7.41. The van der Waals surface area contributed by atoms with E-state index < -0.39 is 0 Å². The molecule has 120 valence electrons. The van der Waals surface area contributed by atoms with Gasteiger partial charge in [-0.25, -0.2) is 4.39 Å². The lowest BCUT2D eigenvalue weighted by atomic mass is 10.1. The molecule has 0 aliphatic rings. The van der Waals surface area contributed by atoms with Crippen molar-refractivity contribution >= 4 is 11.6 Å². The Labute approximate surface area is 135 Å². The van der Waals surface area contributed by atoms with E-state index in [1.807, 2.05) is 43.3 Å². The highest BCUT2D eigenvalue weighted by Crippen LogP contribution is 2.07. The number of benzene rings is 2. The SMILES string of the molecule is CC=C(Cc1ccccc1)NNC(=O)CNc1ccc(F)cc1. The summed E-state index contributed by atoms with van der Waals surface area (Å²) in [5.74, 6) is -0.512. The van der Waals surface area contributed by atoms with Crippen LogP contribution < -0.4 is 16.2 Å². The average molecular weight is 313 g/mol. The monoisotopic (exact) mass is 313 g/mol. The van der Waals surface area contributed by atoms with Gasteiger partial charge in [-0.05, 0) is 36.8 Å². The zero-order valence-corrected chi connectivity index (χ0v) is 13.0. The van der Waals surface area contributed by atoms with Gasteiger partial charge in [0.2, 0.25) is 0 Å². The summed E-state index contributed by atoms with van der Waals surface area (Å²) in [6.07, 6.45) is 2.63. The Balaban J connectivity index is 1.75. The van der Waals surface area contributed by atoms with Gasteiger partial charge in [0.15, 0.2) is 0 Å². The van der Waals surface area contributed by atoms with Crippen LogP contribution in [0, 0.1) is 5.82 Å². The molecule has 0 radical (unpaired) electrons. The first-order valence-corrected chi connectivity index (χ1v) is 7.41. The summed E-state index contributed by atoms with van der Waals surface area (Å²) in [5.41, 5.74) is 8.33. The molecule has 0 spiro atoms. The number of hydrogen-bond donors (Lipinski definition) is 3. The van der Waals surface area contributed by atoms with Crippen molar-refractivity contribution in [3.05, 3.63) is 77.8 Å². The van der Waals surface area contributed by atoms with Crippen LogP contribution in [0.1, 0.15) is 12.5 Å². The van der Waals surface area contributed by atoms with Crippen LogP contribution in [0.3, 0.4) is 0 Å². The molecule has 0 saturated heterocycles. The molecular formula is C18H20FN3O. The summed E-state index contributed by atoms with van der Waals surface area (Å²) in [6, 6.07) is 15.8. The Morgan fingerprint density at radius 1 is 1.04 bits per heavy atom. The van der Waals surface area contributed by atoms with Crippen molar-refractivity contribution in [2.75, 3.05) is 11.9 Å². The molecule has 0 fully saturated rings. The van der Waals surface area contributed by atoms with E-state index in [9.17, 15) is 9.18 Å². The highest BCUT2D eigenvalue weighted by Gasteiger charge is 2.03. The van der Waals surface area contributed by atoms with Crippen molar-refractivity contribution < 1.29 is 9.18 Å². The largest absolute Gasteiger partial charge is 0.376 e. The molecule has 0 aliphatic heterocycles. The van der Waals surface area contributed by atoms with E-state index >= 15 is 0 Å². The minimum atomic E-state index is -0.305. The zero-order valence-electron chi connectivity index (χ0n) is 13.0. The molecule has 0 aromatic heterocycles. The lowest BCUT2D eigenvalue weighted by molar-refractivity contribution is -0.120. The number of allylic oxidation sites excluding steroid dienone is 2. The van der Waals surface area contributed by atoms with Crippen molar-refractivity contribution in [1.82, 2.24) is 10.9 Å². The fourth-order valence-electron chi connectivity index (χ4n) is 1.98. The highest BCUT2D eigenvalue weighted by molar-refractivity contribution is 5.80. The number of anilines is 1. The Morgan fingerprint density at radius 2 is 1.74 bits per heavy atom. The van der Waals surface area contributed by atoms with Gasteiger partial charge < -0.3 is 10.7 Å². The molecule has 5 heteroatoms. The maximum Gasteiger partial charge on any atom is 0.257 e. The quantitative estimate of drug-likeness (QED) is 0.689. The van der Waals surface area contributed by atoms with E-state index in [0.29, 0.717) is 12.1 Å². The van der Waals surface area contributed by atoms with Crippen LogP contribution in [0.25, 0.3) is 0 Å². The second-order valence-electron chi connectivity index (χ2n) is 5.01. The van der Waals surface area contributed by atoms with E-state index in [2.05, 4.69) is 16.2 Å². The molecule has 0 atom stereocenters. The van der Waals surface area contributed by atoms with Crippen LogP contribution >= 0.6 is 0 Å². The molecule has 0 unspecified atom stereocenters. The number of rotatable bonds is 7. The van der Waals surface area contributed by atoms with Crippen molar-refractivity contribution in [1.29, 1.82) is 0 Å². The molecule has 0 aliphatic carbocycles. The topological polar surface area (TPSA) is 53.2 Å². The van der Waals surface area contributed by atoms with E-state index in [-0.39, 0.29) is 18.3 Å². The van der Waals surface area contributed by atoms with Gasteiger partial charge in [0.05, 0.1) is 6.54 Å². The molecule has 1 amide bonds. The van der Waals surface area contributed by atoms with Crippen LogP contribution in [0.2, 0.25) is 0 Å². The lowest BCUT2D eigenvalue weighted by Crippen LogP contribution is -2.40. The average Bonchev–Trinajstić information content (AvgIpc) is 2.59. The van der Waals surface area contributed by atoms with E-state index in [4.69, 9.17) is 0 Å². The molecule has 4 nitrogen and oxygen atoms in total. The Kier molecular flexibility index (Phi) is 6.17. The van der Waals surface area contributed by atoms with Crippen LogP contribution in [0.4, 0.5) is 10.1 Å². The van der Waals surface area contributed by atoms with Crippen LogP contribution in [-0.4, -0.2) is 12.5 Å². The molecule has 2 rings (SSSR count). The number of halogens is 1. The van der Waals surface area contributed by atoms with Crippen molar-refractivity contribution in [2.24, 2.45) is 0 Å². The molecule has 3 N–H and O–H groups in total. The van der Waals surface area contributed by atoms with Gasteiger partial charge in [0.1, 0.15) is 5.82 Å². The molecule has 0 bridgehead atoms. The third-order valence-electron chi connectivity index (χ3n) is 3.25. The normalized spacial score (nSPS) is 11.0. The number of hydrazine groups is 1. The molecule has 2 aromatic rings. The fourth-order valence-corrected chi connectivity index (χ4v) is 1.98. The van der Waals surface area contributed by atoms with Crippen LogP contribution in [-0.2, 0) is 11.2 Å². The second kappa shape index (κ2) is 8.58. The van der Waals surface area contributed by atoms with Crippen molar-refractivity contribution in [3.63, 3.8) is 0 Å². The summed E-state index contributed by atoms with van der Waals surface area (Å²) in [6.45, 7) is 2.01. The Morgan fingerprint density at radius 3 is 2.39 bits per heavy atom. The number of carbonyl (C=O) groups is 1. The number of nitrogens with one attached hydrogen (secondary N) is 3. The number of amides is 1. The third-order valence-corrected chi connectivity index (χ3v) is 3.25. The maximum atomic E-state index is 12.8. The van der Waals surface area contributed by atoms with Gasteiger partial charge in [-0.2, -0.15) is 0 Å². The maximum absolute atomic E-state index is 12.8. The lowest BCUT2D eigenvalue weighted by Gasteiger charge is -2.13. The minimum absolute atomic E-state index is 0.0982. The Hall–Kier alpha value is -2.82. The predicted molar refractivity (Wildman–Crippen MR) is 90.1 cm³/mol. The van der Waals surface area contributed by atoms with Gasteiger partial charge in [-0.3, -0.25) is 10.2 Å². The summed E-state index contributed by atoms with van der Waals surface area (Å²) >= 11 is 0. The van der Waals surface area contributed by atoms with E-state index in [0.717, 1.165) is 11.3 Å². The minimum Gasteiger partial charge on any atom is -0.376 e. The smallest absolute Gasteiger partial charge is 0.257 e. The number of carbonyl (C=O) groups excluding carboxylic acids is 1. The third kappa shape index (κ3) is 5.82. The number of hydrogen-bond acceptors (Lipinski definition) is 3. The fraction of sp³-hybridized carbons (Fsp3) is 0.167. The van der Waals surface area contributed by atoms with Crippen molar-refractivity contribution in [3.8, 4) is 0 Å². The van der Waals surface area contributed by atoms with Crippen molar-refractivity contribution in [2.45, 2.75) is 13.3 Å². The van der Waals surface area contributed by atoms with Crippen LogP contribution in [0.15, 0.2) is 66.4 Å². The summed E-state index contributed by atoms with van der Waals surface area (Å²) in [5, 5.41) is 2.92. The van der Waals surface area contributed by atoms with E-state index in [1.165, 1.54) is 12.1 Å². The van der Waals surface area contributed by atoms with Gasteiger partial charge in [0.25, 0.3) is 5.91 Å². The second-order valence-corrected chi connectivity index (χ2v) is 5.01. The predicted octanol–water partition coefficient (Wildman–Crippen LogP) is 3.00. The highest BCUT2D eigenvalue weighted by atomic mass is 19.1. The van der Waals surface area contributed by atoms with Gasteiger partial charge >= 0.3 is 0 Å². The van der Waals surface area contributed by atoms with Gasteiger partial charge in [-0.15, -0.1) is 0 Å². The molecule has 23 heavy (non-hydrogen) atoms. The standard InChI is InChI=1S/C18H20FN3O/c1-2-16(12-14-6-4-3-5-7-14)21-22-18(23)13-20-17-10-8-15(19)9-11-17/h2-11,20-21H,12-13H2,1H3,(H,22,23). The Bertz CT molecular complexity index is 654. The molecule has 0 saturated carbocycles. The summed E-state index contributed by atoms with van der Waals surface area (Å²) in [4.78, 5) is 11.8. The molecule has 0 heterocycles. The molecular weight excluding hydrogens is 293 g/mol.